The Hall–Kier alpha value is -7.94. The molecule has 0 bridgehead atoms. The second-order valence-electron chi connectivity index (χ2n) is 12.3. The van der Waals surface area contributed by atoms with E-state index in [0.717, 1.165) is 0 Å². The van der Waals surface area contributed by atoms with Crippen molar-refractivity contribution in [3.63, 3.8) is 0 Å². The van der Waals surface area contributed by atoms with E-state index in [9.17, 15) is 28.8 Å². The predicted molar refractivity (Wildman–Crippen MR) is 255 cm³/mol. The molecule has 10 aromatic carbocycles. The largest absolute Gasteiger partial charge is 0.310 e. The second kappa shape index (κ2) is 15.1. The number of hydrogen-bond acceptors (Lipinski definition) is 1. The average Bonchev–Trinajstić information content (AvgIpc) is 1.43. The number of nitrogens with zero attached hydrogens (tertiary/aromatic N) is 2. The van der Waals surface area contributed by atoms with E-state index in [1.807, 2.05) is 0 Å². The first-order valence-electron chi connectivity index (χ1n) is 37.3. The van der Waals surface area contributed by atoms with E-state index < -0.39 is 342 Å². The molecule has 2 heteroatoms. The molecule has 0 N–H and O–H groups in total. The third-order valence-corrected chi connectivity index (χ3v) is 8.87. The minimum atomic E-state index is -1.47. The highest BCUT2D eigenvalue weighted by atomic mass is 15.1. The molecule has 0 aliphatic carbocycles. The Balaban J connectivity index is 1.31. The molecule has 0 atom stereocenters. The second-order valence-corrected chi connectivity index (χ2v) is 12.3. The van der Waals surface area contributed by atoms with Gasteiger partial charge in [0.2, 0.25) is 0 Å². The first kappa shape index (κ1) is 13.0. The van der Waals surface area contributed by atoms with Gasteiger partial charge >= 0.3 is 0 Å². The molecule has 0 unspecified atom stereocenters. The molecule has 0 saturated carbocycles. The molecule has 1 heterocycles. The fraction of sp³-hybridized carbons (Fsp3) is 0. The van der Waals surface area contributed by atoms with Crippen molar-refractivity contribution in [1.29, 1.82) is 0 Å². The van der Waals surface area contributed by atoms with E-state index in [1.54, 1.807) is 0 Å². The molecule has 0 radical (unpaired) electrons. The molecule has 60 heavy (non-hydrogen) atoms. The summed E-state index contributed by atoms with van der Waals surface area (Å²) in [6, 6.07) is -46.0. The zero-order valence-electron chi connectivity index (χ0n) is 69.9. The van der Waals surface area contributed by atoms with Gasteiger partial charge in [0.15, 0.2) is 0 Å². The van der Waals surface area contributed by atoms with Crippen molar-refractivity contribution in [2.24, 2.45) is 0 Å². The van der Waals surface area contributed by atoms with Crippen molar-refractivity contribution < 1.29 is 54.8 Å². The lowest BCUT2D eigenvalue weighted by Gasteiger charge is -2.26. The van der Waals surface area contributed by atoms with Crippen LogP contribution in [0.15, 0.2) is 242 Å². The van der Waals surface area contributed by atoms with Crippen molar-refractivity contribution in [1.82, 2.24) is 4.57 Å². The number of benzene rings is 10. The Bertz CT molecular complexity index is 5530. The van der Waals surface area contributed by atoms with Crippen LogP contribution in [-0.4, -0.2) is 4.57 Å². The number of aromatic nitrogens is 1. The lowest BCUT2D eigenvalue weighted by atomic mass is 9.96. The first-order chi connectivity index (χ1) is 46.4. The van der Waals surface area contributed by atoms with Crippen LogP contribution in [0.4, 0.5) is 17.1 Å². The van der Waals surface area contributed by atoms with Crippen LogP contribution in [0.5, 0.6) is 0 Å². The summed E-state index contributed by atoms with van der Waals surface area (Å²) in [7, 11) is 0. The molecule has 11 aromatic rings. The van der Waals surface area contributed by atoms with Crippen LogP contribution in [0.2, 0.25) is 0 Å². The SMILES string of the molecule is [2H]c1c([2H])c([2H])c(-c2c([2H])c([2H])c(N(c3c([2H])c([2H])c(-c4c([2H])c([2H])c(-c5c([2H])c([2H])c([2H])c6c([2H])c([2H])c([2H])c([2H])c56)c([2H])c4[2H])c([2H])c3[2H])c3c([2H])c([2H])c([2H])c(-c4c([2H])c([2H])c([2H])c5c4c4c([2H])c([2H])c([2H])c([2H])c4n5-c4c([2H])c([2H])c([2H])c([2H])c4[2H])c3[2H])c([2H])c2[2H])c([2H])c1[2H]. The summed E-state index contributed by atoms with van der Waals surface area (Å²) in [5.74, 6) is 0. The highest BCUT2D eigenvalue weighted by Crippen LogP contribution is 2.42. The van der Waals surface area contributed by atoms with E-state index in [-0.39, 0.29) is 4.90 Å². The number of fused-ring (bicyclic) bond motifs is 4. The van der Waals surface area contributed by atoms with Crippen LogP contribution >= 0.6 is 0 Å². The summed E-state index contributed by atoms with van der Waals surface area (Å²) in [5, 5.41) is -2.94. The lowest BCUT2D eigenvalue weighted by molar-refractivity contribution is 1.18. The van der Waals surface area contributed by atoms with E-state index in [2.05, 4.69) is 0 Å². The molecule has 1 aromatic heterocycles. The van der Waals surface area contributed by atoms with Crippen molar-refractivity contribution in [2.45, 2.75) is 0 Å². The van der Waals surface area contributed by atoms with Gasteiger partial charge in [-0.25, -0.2) is 0 Å². The summed E-state index contributed by atoms with van der Waals surface area (Å²) in [4.78, 5) is 0.168. The maximum Gasteiger partial charge on any atom is 0.0651 e. The number of anilines is 3. The molecular formula is C58H40N2. The van der Waals surface area contributed by atoms with E-state index in [1.165, 1.54) is 0 Å². The van der Waals surface area contributed by atoms with Gasteiger partial charge in [-0.05, 0) is 116 Å². The average molecular weight is 805 g/mol. The van der Waals surface area contributed by atoms with Gasteiger partial charge in [-0.3, -0.25) is 0 Å². The Morgan fingerprint density at radius 3 is 1.52 bits per heavy atom. The summed E-state index contributed by atoms with van der Waals surface area (Å²) in [6.07, 6.45) is 0. The van der Waals surface area contributed by atoms with Gasteiger partial charge in [-0.1, -0.05) is 181 Å². The molecule has 282 valence electrons. The Morgan fingerprint density at radius 1 is 0.317 bits per heavy atom. The fourth-order valence-corrected chi connectivity index (χ4v) is 6.27. The normalized spacial score (nSPS) is 20.7. The predicted octanol–water partition coefficient (Wildman–Crippen LogP) is 16.1. The summed E-state index contributed by atoms with van der Waals surface area (Å²) >= 11 is 0. The molecule has 0 aliphatic rings. The number of para-hydroxylation sites is 2. The maximum absolute atomic E-state index is 10.2. The highest BCUT2D eigenvalue weighted by molar-refractivity contribution is 6.16. The topological polar surface area (TPSA) is 8.17 Å². The third-order valence-electron chi connectivity index (χ3n) is 8.87. The Morgan fingerprint density at radius 2 is 0.800 bits per heavy atom. The number of hydrogen-bond donors (Lipinski definition) is 0. The van der Waals surface area contributed by atoms with Gasteiger partial charge in [0.05, 0.1) is 65.9 Å². The quantitative estimate of drug-likeness (QED) is 0.149. The van der Waals surface area contributed by atoms with Crippen LogP contribution in [0.25, 0.3) is 82.8 Å². The van der Waals surface area contributed by atoms with Gasteiger partial charge in [0.25, 0.3) is 0 Å². The van der Waals surface area contributed by atoms with E-state index in [0.29, 0.717) is 4.57 Å². The molecule has 0 aliphatic heterocycles. The minimum Gasteiger partial charge on any atom is -0.310 e. The summed E-state index contributed by atoms with van der Waals surface area (Å²) < 4.78 is 364. The van der Waals surface area contributed by atoms with Crippen molar-refractivity contribution >= 4 is 49.6 Å². The van der Waals surface area contributed by atoms with E-state index in [4.69, 9.17) is 26.0 Å². The molecule has 0 spiro atoms. The van der Waals surface area contributed by atoms with Gasteiger partial charge in [0.1, 0.15) is 0 Å². The van der Waals surface area contributed by atoms with Gasteiger partial charge < -0.3 is 9.47 Å². The van der Waals surface area contributed by atoms with Crippen LogP contribution in [0.1, 0.15) is 54.8 Å². The minimum absolute atomic E-state index is 0.168. The van der Waals surface area contributed by atoms with Crippen LogP contribution in [-0.2, 0) is 0 Å². The smallest absolute Gasteiger partial charge is 0.0651 e. The van der Waals surface area contributed by atoms with Crippen LogP contribution in [0, 0.1) is 0 Å². The Labute approximate surface area is 406 Å². The third kappa shape index (κ3) is 6.32. The zero-order valence-corrected chi connectivity index (χ0v) is 29.9. The van der Waals surface area contributed by atoms with Gasteiger partial charge in [-0.2, -0.15) is 0 Å². The molecule has 0 fully saturated rings. The zero-order chi connectivity index (χ0) is 74.6. The molecule has 0 saturated heterocycles. The van der Waals surface area contributed by atoms with Crippen molar-refractivity contribution in [2.75, 3.05) is 4.90 Å². The summed E-state index contributed by atoms with van der Waals surface area (Å²) in [6.45, 7) is 0. The standard InChI is InChI=1S/C58H40N2/c1-3-14-41(15-4-1)43-32-36-49(37-33-43)59(50-38-34-44(35-39-50)42-28-30-46(31-29-42)53-24-12-17-45-16-7-8-22-52(45)53)51-21-11-18-47(40-51)54-25-13-27-57-58(54)55-23-9-10-26-56(55)60(57)48-19-5-2-6-20-48/h1-40H/i1D,2D,3D,4D,5D,6D,7D,8D,9D,10D,11D,12D,13D,14D,15D,16D,17D,18D,19D,20D,21D,22D,23D,24D,25D,26D,27D,28D,29D,30D,31D,32D,33D,34D,35D,36D,37D,38D,39D,40D. The van der Waals surface area contributed by atoms with E-state index >= 15 is 0 Å². The van der Waals surface area contributed by atoms with Crippen LogP contribution < -0.4 is 4.90 Å². The molecule has 2 nitrogen and oxygen atoms in total. The molecule has 0 amide bonds. The highest BCUT2D eigenvalue weighted by Gasteiger charge is 2.18. The van der Waals surface area contributed by atoms with Gasteiger partial charge in [0, 0.05) is 33.5 Å². The maximum atomic E-state index is 10.2. The van der Waals surface area contributed by atoms with Crippen molar-refractivity contribution in [3.8, 4) is 50.2 Å². The monoisotopic (exact) mass is 805 g/mol. The van der Waals surface area contributed by atoms with Crippen LogP contribution in [0.3, 0.4) is 0 Å². The van der Waals surface area contributed by atoms with Crippen molar-refractivity contribution in [3.05, 3.63) is 242 Å². The molecule has 11 rings (SSSR count). The molecular weight excluding hydrogens is 725 g/mol. The Kier molecular flexibility index (Phi) is 3.28. The lowest BCUT2D eigenvalue weighted by Crippen LogP contribution is -2.10. The fourth-order valence-electron chi connectivity index (χ4n) is 6.27. The summed E-state index contributed by atoms with van der Waals surface area (Å²) in [5.41, 5.74) is -14.7. The van der Waals surface area contributed by atoms with Gasteiger partial charge in [-0.15, -0.1) is 0 Å². The first-order valence-corrected chi connectivity index (χ1v) is 17.3. The number of rotatable bonds is 8.